The van der Waals surface area contributed by atoms with Gasteiger partial charge in [-0.3, -0.25) is 4.79 Å². The average molecular weight is 232 g/mol. The lowest BCUT2D eigenvalue weighted by molar-refractivity contribution is -0.142. The highest BCUT2D eigenvalue weighted by Crippen LogP contribution is 2.36. The van der Waals surface area contributed by atoms with Gasteiger partial charge in [0.05, 0.1) is 5.56 Å². The van der Waals surface area contributed by atoms with Crippen molar-refractivity contribution in [3.8, 4) is 5.75 Å². The molecule has 0 aromatic heterocycles. The monoisotopic (exact) mass is 232 g/mol. The second kappa shape index (κ2) is 4.55. The van der Waals surface area contributed by atoms with Crippen LogP contribution in [0.1, 0.15) is 24.5 Å². The number of benzene rings is 1. The van der Waals surface area contributed by atoms with Gasteiger partial charge in [0.15, 0.2) is 0 Å². The number of alkyl halides is 3. The smallest absolute Gasteiger partial charge is 0.419 e. The summed E-state index contributed by atoms with van der Waals surface area (Å²) in [6, 6.07) is 3.58. The molecule has 5 heteroatoms. The van der Waals surface area contributed by atoms with Crippen molar-refractivity contribution in [2.75, 3.05) is 0 Å². The van der Waals surface area contributed by atoms with E-state index in [1.54, 1.807) is 6.92 Å². The van der Waals surface area contributed by atoms with Crippen molar-refractivity contribution in [2.24, 2.45) is 0 Å². The van der Waals surface area contributed by atoms with Crippen molar-refractivity contribution in [1.29, 1.82) is 0 Å². The molecule has 0 aliphatic heterocycles. The van der Waals surface area contributed by atoms with Crippen LogP contribution >= 0.6 is 0 Å². The van der Waals surface area contributed by atoms with Crippen LogP contribution < -0.4 is 4.74 Å². The molecular formula is C11H11F3O2. The summed E-state index contributed by atoms with van der Waals surface area (Å²) in [4.78, 5) is 11.0. The topological polar surface area (TPSA) is 26.3 Å². The Bertz CT molecular complexity index is 397. The Morgan fingerprint density at radius 1 is 1.38 bits per heavy atom. The third-order valence-electron chi connectivity index (χ3n) is 1.95. The largest absolute Gasteiger partial charge is 0.426 e. The van der Waals surface area contributed by atoms with Crippen molar-refractivity contribution in [2.45, 2.75) is 26.4 Å². The van der Waals surface area contributed by atoms with Gasteiger partial charge in [0.1, 0.15) is 5.75 Å². The maximum Gasteiger partial charge on any atom is 0.419 e. The molecule has 1 rings (SSSR count). The number of hydrogen-bond donors (Lipinski definition) is 0. The number of carbonyl (C=O) groups excluding carboxylic acids is 1. The van der Waals surface area contributed by atoms with Gasteiger partial charge >= 0.3 is 12.1 Å². The molecule has 1 aromatic rings. The maximum absolute atomic E-state index is 12.6. The van der Waals surface area contributed by atoms with E-state index >= 15 is 0 Å². The third kappa shape index (κ3) is 2.98. The van der Waals surface area contributed by atoms with Crippen LogP contribution in [0, 0.1) is 6.92 Å². The first-order chi connectivity index (χ1) is 7.34. The van der Waals surface area contributed by atoms with Gasteiger partial charge in [-0.15, -0.1) is 0 Å². The second-order valence-corrected chi connectivity index (χ2v) is 3.32. The maximum atomic E-state index is 12.6. The number of carbonyl (C=O) groups is 1. The Hall–Kier alpha value is -1.52. The van der Waals surface area contributed by atoms with E-state index in [1.807, 2.05) is 0 Å². The number of rotatable bonds is 2. The molecule has 16 heavy (non-hydrogen) atoms. The molecule has 0 saturated carbocycles. The molecule has 0 fully saturated rings. The number of hydrogen-bond acceptors (Lipinski definition) is 2. The molecule has 0 spiro atoms. The predicted octanol–water partition coefficient (Wildman–Crippen LogP) is 3.33. The van der Waals surface area contributed by atoms with Crippen molar-refractivity contribution in [3.63, 3.8) is 0 Å². The summed E-state index contributed by atoms with van der Waals surface area (Å²) >= 11 is 0. The SMILES string of the molecule is CCC(=O)Oc1ccc(C)cc1C(F)(F)F. The Kier molecular flexibility index (Phi) is 3.57. The zero-order chi connectivity index (χ0) is 12.3. The molecule has 0 N–H and O–H groups in total. The fourth-order valence-electron chi connectivity index (χ4n) is 1.15. The van der Waals surface area contributed by atoms with Crippen LogP contribution in [0.3, 0.4) is 0 Å². The minimum atomic E-state index is -4.52. The van der Waals surface area contributed by atoms with E-state index in [4.69, 9.17) is 0 Å². The van der Waals surface area contributed by atoms with Crippen molar-refractivity contribution < 1.29 is 22.7 Å². The molecule has 88 valence electrons. The number of halogens is 3. The summed E-state index contributed by atoms with van der Waals surface area (Å²) < 4.78 is 42.4. The quantitative estimate of drug-likeness (QED) is 0.577. The van der Waals surface area contributed by atoms with Crippen LogP contribution in [0.15, 0.2) is 18.2 Å². The summed E-state index contributed by atoms with van der Waals surface area (Å²) in [6.07, 6.45) is -4.49. The van der Waals surface area contributed by atoms with Gasteiger partial charge in [0.2, 0.25) is 0 Å². The molecule has 0 amide bonds. The minimum Gasteiger partial charge on any atom is -0.426 e. The minimum absolute atomic E-state index is 0.0329. The molecule has 0 saturated heterocycles. The Labute approximate surface area is 91.0 Å². The van der Waals surface area contributed by atoms with E-state index in [0.29, 0.717) is 5.56 Å². The summed E-state index contributed by atoms with van der Waals surface area (Å²) in [5.74, 6) is -1.13. The third-order valence-corrected chi connectivity index (χ3v) is 1.95. The molecule has 1 aromatic carbocycles. The highest BCUT2D eigenvalue weighted by Gasteiger charge is 2.34. The van der Waals surface area contributed by atoms with Crippen molar-refractivity contribution >= 4 is 5.97 Å². The molecule has 0 aliphatic carbocycles. The van der Waals surface area contributed by atoms with Gasteiger partial charge in [-0.25, -0.2) is 0 Å². The Morgan fingerprint density at radius 2 is 2.00 bits per heavy atom. The molecule has 0 bridgehead atoms. The van der Waals surface area contributed by atoms with Crippen LogP contribution in [-0.4, -0.2) is 5.97 Å². The van der Waals surface area contributed by atoms with E-state index in [9.17, 15) is 18.0 Å². The molecule has 0 atom stereocenters. The first-order valence-corrected chi connectivity index (χ1v) is 4.73. The standard InChI is InChI=1S/C11H11F3O2/c1-3-10(15)16-9-5-4-7(2)6-8(9)11(12,13)14/h4-6H,3H2,1-2H3. The lowest BCUT2D eigenvalue weighted by Crippen LogP contribution is -2.12. The fraction of sp³-hybridized carbons (Fsp3) is 0.364. The number of aryl methyl sites for hydroxylation is 1. The molecule has 2 nitrogen and oxygen atoms in total. The molecule has 0 unspecified atom stereocenters. The van der Waals surface area contributed by atoms with Gasteiger partial charge in [0, 0.05) is 6.42 Å². The normalized spacial score (nSPS) is 11.3. The van der Waals surface area contributed by atoms with E-state index < -0.39 is 23.5 Å². The van der Waals surface area contributed by atoms with Gasteiger partial charge in [0.25, 0.3) is 0 Å². The van der Waals surface area contributed by atoms with Crippen LogP contribution in [0.2, 0.25) is 0 Å². The van der Waals surface area contributed by atoms with E-state index in [0.717, 1.165) is 12.1 Å². The zero-order valence-corrected chi connectivity index (χ0v) is 8.89. The highest BCUT2D eigenvalue weighted by molar-refractivity contribution is 5.72. The highest BCUT2D eigenvalue weighted by atomic mass is 19.4. The Morgan fingerprint density at radius 3 is 2.50 bits per heavy atom. The molecule has 0 heterocycles. The second-order valence-electron chi connectivity index (χ2n) is 3.32. The van der Waals surface area contributed by atoms with Crippen LogP contribution in [0.25, 0.3) is 0 Å². The predicted molar refractivity (Wildman–Crippen MR) is 52.1 cm³/mol. The fourth-order valence-corrected chi connectivity index (χ4v) is 1.15. The van der Waals surface area contributed by atoms with Crippen LogP contribution in [-0.2, 0) is 11.0 Å². The molecule has 0 radical (unpaired) electrons. The summed E-state index contributed by atoms with van der Waals surface area (Å²) in [5.41, 5.74) is -0.460. The first kappa shape index (κ1) is 12.5. The van der Waals surface area contributed by atoms with Crippen LogP contribution in [0.4, 0.5) is 13.2 Å². The van der Waals surface area contributed by atoms with Gasteiger partial charge in [-0.2, -0.15) is 13.2 Å². The van der Waals surface area contributed by atoms with Gasteiger partial charge in [-0.1, -0.05) is 18.6 Å². The summed E-state index contributed by atoms with van der Waals surface area (Å²) in [5, 5.41) is 0. The van der Waals surface area contributed by atoms with E-state index in [2.05, 4.69) is 4.74 Å². The molecular weight excluding hydrogens is 221 g/mol. The summed E-state index contributed by atoms with van der Waals surface area (Å²) in [7, 11) is 0. The Balaban J connectivity index is 3.13. The first-order valence-electron chi connectivity index (χ1n) is 4.73. The van der Waals surface area contributed by atoms with Crippen LogP contribution in [0.5, 0.6) is 5.75 Å². The molecule has 0 aliphatic rings. The lowest BCUT2D eigenvalue weighted by atomic mass is 10.1. The van der Waals surface area contributed by atoms with Crippen molar-refractivity contribution in [3.05, 3.63) is 29.3 Å². The van der Waals surface area contributed by atoms with Gasteiger partial charge < -0.3 is 4.74 Å². The number of esters is 1. The summed E-state index contributed by atoms with van der Waals surface area (Å²) in [6.45, 7) is 3.06. The average Bonchev–Trinajstić information content (AvgIpc) is 2.19. The van der Waals surface area contributed by atoms with Crippen molar-refractivity contribution in [1.82, 2.24) is 0 Å². The zero-order valence-electron chi connectivity index (χ0n) is 8.89. The van der Waals surface area contributed by atoms with Gasteiger partial charge in [-0.05, 0) is 19.1 Å². The lowest BCUT2D eigenvalue weighted by Gasteiger charge is -2.13. The van der Waals surface area contributed by atoms with E-state index in [1.165, 1.54) is 13.0 Å². The van der Waals surface area contributed by atoms with E-state index in [-0.39, 0.29) is 6.42 Å². The number of ether oxygens (including phenoxy) is 1.